The predicted molar refractivity (Wildman–Crippen MR) is 108 cm³/mol. The van der Waals surface area contributed by atoms with Crippen molar-refractivity contribution in [2.24, 2.45) is 4.40 Å². The highest BCUT2D eigenvalue weighted by atomic mass is 32.2. The lowest BCUT2D eigenvalue weighted by Gasteiger charge is -2.11. The molecule has 1 amide bonds. The van der Waals surface area contributed by atoms with Crippen LogP contribution in [0.25, 0.3) is 0 Å². The first-order valence-electron chi connectivity index (χ1n) is 8.95. The molecular formula is C20H20N4O4S. The van der Waals surface area contributed by atoms with Gasteiger partial charge < -0.3 is 15.0 Å². The van der Waals surface area contributed by atoms with Gasteiger partial charge in [-0.3, -0.25) is 4.79 Å². The van der Waals surface area contributed by atoms with Crippen molar-refractivity contribution in [3.63, 3.8) is 0 Å². The molecule has 1 aliphatic rings. The lowest BCUT2D eigenvalue weighted by Crippen LogP contribution is -2.20. The van der Waals surface area contributed by atoms with Crippen LogP contribution in [0, 0.1) is 11.3 Å². The number of likely N-dealkylation sites (tertiary alicyclic amines) is 1. The molecule has 1 saturated heterocycles. The first kappa shape index (κ1) is 20.4. The van der Waals surface area contributed by atoms with Crippen LogP contribution in [0.4, 0.5) is 5.69 Å². The summed E-state index contributed by atoms with van der Waals surface area (Å²) in [6.07, 6.45) is 1.53. The molecule has 1 heterocycles. The highest BCUT2D eigenvalue weighted by molar-refractivity contribution is 7.90. The number of ether oxygens (including phenoxy) is 1. The van der Waals surface area contributed by atoms with Crippen molar-refractivity contribution < 1.29 is 17.9 Å². The molecule has 0 saturated carbocycles. The summed E-state index contributed by atoms with van der Waals surface area (Å²) in [5.74, 6) is 0.636. The summed E-state index contributed by atoms with van der Waals surface area (Å²) in [6, 6.07) is 14.2. The molecule has 0 aliphatic carbocycles. The number of nitriles is 1. The molecule has 8 nitrogen and oxygen atoms in total. The molecule has 0 unspecified atom stereocenters. The van der Waals surface area contributed by atoms with Crippen LogP contribution in [0.5, 0.6) is 5.75 Å². The Labute approximate surface area is 169 Å². The number of rotatable bonds is 6. The van der Waals surface area contributed by atoms with Gasteiger partial charge in [0, 0.05) is 25.7 Å². The maximum absolute atomic E-state index is 12.4. The molecule has 29 heavy (non-hydrogen) atoms. The van der Waals surface area contributed by atoms with Gasteiger partial charge in [0.1, 0.15) is 11.6 Å². The number of amidine groups is 1. The smallest absolute Gasteiger partial charge is 0.283 e. The second-order valence-electron chi connectivity index (χ2n) is 6.51. The van der Waals surface area contributed by atoms with Gasteiger partial charge in [0.05, 0.1) is 16.5 Å². The highest BCUT2D eigenvalue weighted by Crippen LogP contribution is 2.19. The number of amides is 1. The molecule has 0 spiro atoms. The molecule has 1 fully saturated rings. The van der Waals surface area contributed by atoms with E-state index in [1.807, 2.05) is 18.0 Å². The van der Waals surface area contributed by atoms with Gasteiger partial charge >= 0.3 is 0 Å². The van der Waals surface area contributed by atoms with Crippen LogP contribution < -0.4 is 10.1 Å². The zero-order valence-corrected chi connectivity index (χ0v) is 16.6. The van der Waals surface area contributed by atoms with Gasteiger partial charge in [0.2, 0.25) is 0 Å². The van der Waals surface area contributed by atoms with Crippen molar-refractivity contribution in [3.05, 3.63) is 54.1 Å². The van der Waals surface area contributed by atoms with Crippen LogP contribution in [0.3, 0.4) is 0 Å². The van der Waals surface area contributed by atoms with E-state index in [9.17, 15) is 13.2 Å². The van der Waals surface area contributed by atoms with Crippen LogP contribution in [0.2, 0.25) is 0 Å². The summed E-state index contributed by atoms with van der Waals surface area (Å²) in [6.45, 7) is 0.579. The third-order valence-corrected chi connectivity index (χ3v) is 5.67. The molecule has 0 aromatic heterocycles. The van der Waals surface area contributed by atoms with Crippen molar-refractivity contribution in [2.75, 3.05) is 25.5 Å². The lowest BCUT2D eigenvalue weighted by molar-refractivity contribution is -0.118. The fraction of sp³-hybridized carbons (Fsp3) is 0.250. The SMILES string of the molecule is CN1CCC/C1=N\S(=O)(=O)c1ccc(NC(=O)COc2ccc(C#N)cc2)cc1. The zero-order chi connectivity index (χ0) is 20.9. The average molecular weight is 412 g/mol. The van der Waals surface area contributed by atoms with Crippen molar-refractivity contribution in [3.8, 4) is 11.8 Å². The van der Waals surface area contributed by atoms with E-state index in [-0.39, 0.29) is 11.5 Å². The largest absolute Gasteiger partial charge is 0.484 e. The summed E-state index contributed by atoms with van der Waals surface area (Å²) in [5.41, 5.74) is 0.949. The Morgan fingerprint density at radius 1 is 1.21 bits per heavy atom. The molecule has 2 aromatic rings. The van der Waals surface area contributed by atoms with Crippen LogP contribution >= 0.6 is 0 Å². The monoisotopic (exact) mass is 412 g/mol. The van der Waals surface area contributed by atoms with E-state index in [0.29, 0.717) is 29.3 Å². The number of hydrogen-bond acceptors (Lipinski definition) is 5. The van der Waals surface area contributed by atoms with Gasteiger partial charge in [-0.2, -0.15) is 13.7 Å². The van der Waals surface area contributed by atoms with E-state index in [4.69, 9.17) is 10.00 Å². The summed E-state index contributed by atoms with van der Waals surface area (Å²) in [5, 5.41) is 11.4. The Morgan fingerprint density at radius 3 is 2.48 bits per heavy atom. The molecular weight excluding hydrogens is 392 g/mol. The Morgan fingerprint density at radius 2 is 1.90 bits per heavy atom. The minimum atomic E-state index is -3.79. The van der Waals surface area contributed by atoms with Gasteiger partial charge in [-0.1, -0.05) is 0 Å². The molecule has 1 aliphatic heterocycles. The Balaban J connectivity index is 1.58. The number of hydrogen-bond donors (Lipinski definition) is 1. The molecule has 150 valence electrons. The van der Waals surface area contributed by atoms with Crippen LogP contribution in [0.15, 0.2) is 57.8 Å². The van der Waals surface area contributed by atoms with E-state index < -0.39 is 15.9 Å². The topological polar surface area (TPSA) is 112 Å². The van der Waals surface area contributed by atoms with Crippen molar-refractivity contribution >= 4 is 27.5 Å². The van der Waals surface area contributed by atoms with Gasteiger partial charge in [0.25, 0.3) is 15.9 Å². The maximum Gasteiger partial charge on any atom is 0.283 e. The predicted octanol–water partition coefficient (Wildman–Crippen LogP) is 2.39. The van der Waals surface area contributed by atoms with Crippen LogP contribution in [0.1, 0.15) is 18.4 Å². The molecule has 9 heteroatoms. The standard InChI is InChI=1S/C20H20N4O4S/c1-24-12-2-3-19(24)23-29(26,27)18-10-6-16(7-11-18)22-20(25)14-28-17-8-4-15(13-21)5-9-17/h4-11H,2-3,12,14H2,1H3,(H,22,25)/b23-19+. The molecule has 1 N–H and O–H groups in total. The number of carbonyl (C=O) groups excluding carboxylic acids is 1. The van der Waals surface area contributed by atoms with Gasteiger partial charge in [0.15, 0.2) is 6.61 Å². The van der Waals surface area contributed by atoms with E-state index in [1.165, 1.54) is 24.3 Å². The number of sulfonamides is 1. The zero-order valence-electron chi connectivity index (χ0n) is 15.8. The van der Waals surface area contributed by atoms with E-state index in [2.05, 4.69) is 9.71 Å². The number of benzene rings is 2. The van der Waals surface area contributed by atoms with E-state index in [1.54, 1.807) is 24.3 Å². The quantitative estimate of drug-likeness (QED) is 0.780. The normalized spacial score (nSPS) is 15.2. The van der Waals surface area contributed by atoms with Crippen molar-refractivity contribution in [2.45, 2.75) is 17.7 Å². The third-order valence-electron chi connectivity index (χ3n) is 4.35. The Hall–Kier alpha value is -3.38. The van der Waals surface area contributed by atoms with Crippen LogP contribution in [-0.2, 0) is 14.8 Å². The summed E-state index contributed by atoms with van der Waals surface area (Å²) in [4.78, 5) is 13.9. The molecule has 3 rings (SSSR count). The van der Waals surface area contributed by atoms with Gasteiger partial charge in [-0.25, -0.2) is 0 Å². The second kappa shape index (κ2) is 8.75. The second-order valence-corrected chi connectivity index (χ2v) is 8.11. The fourth-order valence-electron chi connectivity index (χ4n) is 2.78. The average Bonchev–Trinajstić information content (AvgIpc) is 3.11. The summed E-state index contributed by atoms with van der Waals surface area (Å²) >= 11 is 0. The van der Waals surface area contributed by atoms with Crippen molar-refractivity contribution in [1.82, 2.24) is 4.90 Å². The van der Waals surface area contributed by atoms with E-state index >= 15 is 0 Å². The number of anilines is 1. The van der Waals surface area contributed by atoms with Crippen LogP contribution in [-0.4, -0.2) is 45.3 Å². The van der Waals surface area contributed by atoms with Crippen molar-refractivity contribution in [1.29, 1.82) is 5.26 Å². The molecule has 2 aromatic carbocycles. The van der Waals surface area contributed by atoms with Gasteiger partial charge in [-0.15, -0.1) is 4.40 Å². The first-order chi connectivity index (χ1) is 13.9. The minimum Gasteiger partial charge on any atom is -0.484 e. The third kappa shape index (κ3) is 5.33. The molecule has 0 radical (unpaired) electrons. The first-order valence-corrected chi connectivity index (χ1v) is 10.4. The maximum atomic E-state index is 12.4. The number of carbonyl (C=O) groups is 1. The minimum absolute atomic E-state index is 0.0668. The number of nitrogens with zero attached hydrogens (tertiary/aromatic N) is 3. The lowest BCUT2D eigenvalue weighted by atomic mass is 10.2. The Kier molecular flexibility index (Phi) is 6.14. The molecule has 0 bridgehead atoms. The molecule has 0 atom stereocenters. The fourth-order valence-corrected chi connectivity index (χ4v) is 3.88. The summed E-state index contributed by atoms with van der Waals surface area (Å²) in [7, 11) is -1.97. The Bertz CT molecular complexity index is 1060. The number of nitrogens with one attached hydrogen (secondary N) is 1. The highest BCUT2D eigenvalue weighted by Gasteiger charge is 2.20. The van der Waals surface area contributed by atoms with Gasteiger partial charge in [-0.05, 0) is 55.0 Å². The van der Waals surface area contributed by atoms with E-state index in [0.717, 1.165) is 13.0 Å². The summed E-state index contributed by atoms with van der Waals surface area (Å²) < 4.78 is 34.1.